The summed E-state index contributed by atoms with van der Waals surface area (Å²) in [6.07, 6.45) is 6.66. The minimum atomic E-state index is -0.718. The molecule has 3 unspecified atom stereocenters. The number of hydrogen-bond acceptors (Lipinski definition) is 2. The number of carboxylic acids is 1. The summed E-state index contributed by atoms with van der Waals surface area (Å²) in [5.74, 6) is 0.403. The van der Waals surface area contributed by atoms with Gasteiger partial charge in [-0.2, -0.15) is 0 Å². The summed E-state index contributed by atoms with van der Waals surface area (Å²) in [7, 11) is 0. The number of allylic oxidation sites excluding steroid dienone is 2. The maximum Gasteiger partial charge on any atom is 0.303 e. The van der Waals surface area contributed by atoms with Crippen molar-refractivity contribution in [3.63, 3.8) is 0 Å². The molecule has 72 valence electrons. The van der Waals surface area contributed by atoms with Crippen LogP contribution in [0, 0.1) is 17.3 Å². The monoisotopic (exact) mass is 181 g/mol. The van der Waals surface area contributed by atoms with Crippen molar-refractivity contribution in [3.8, 4) is 0 Å². The molecule has 3 heteroatoms. The number of rotatable bonds is 3. The van der Waals surface area contributed by atoms with Gasteiger partial charge in [0.05, 0.1) is 6.42 Å². The average molecular weight is 181 g/mol. The van der Waals surface area contributed by atoms with E-state index < -0.39 is 5.97 Å². The molecule has 3 atom stereocenters. The first-order chi connectivity index (χ1) is 6.18. The Labute approximate surface area is 77.6 Å². The zero-order chi connectivity index (χ0) is 9.47. The number of aliphatic carboxylic acids is 1. The Kier molecular flexibility index (Phi) is 1.91. The lowest BCUT2D eigenvalue weighted by Crippen LogP contribution is -2.51. The first-order valence-electron chi connectivity index (χ1n) is 4.76. The van der Waals surface area contributed by atoms with E-state index in [9.17, 15) is 4.79 Å². The van der Waals surface area contributed by atoms with Gasteiger partial charge in [0.2, 0.25) is 0 Å². The van der Waals surface area contributed by atoms with Crippen LogP contribution in [0.5, 0.6) is 0 Å². The quantitative estimate of drug-likeness (QED) is 0.638. The van der Waals surface area contributed by atoms with Gasteiger partial charge in [-0.05, 0) is 36.6 Å². The minimum Gasteiger partial charge on any atom is -0.481 e. The molecule has 0 amide bonds. The molecule has 1 saturated carbocycles. The van der Waals surface area contributed by atoms with Crippen molar-refractivity contribution in [2.75, 3.05) is 6.54 Å². The molecule has 1 fully saturated rings. The highest BCUT2D eigenvalue weighted by Gasteiger charge is 2.53. The zero-order valence-electron chi connectivity index (χ0n) is 7.57. The molecule has 0 aromatic carbocycles. The second-order valence-electron chi connectivity index (χ2n) is 4.29. The van der Waals surface area contributed by atoms with E-state index in [-0.39, 0.29) is 11.8 Å². The van der Waals surface area contributed by atoms with Crippen molar-refractivity contribution < 1.29 is 9.90 Å². The summed E-state index contributed by atoms with van der Waals surface area (Å²) in [6.45, 7) is 0.505. The van der Waals surface area contributed by atoms with Crippen molar-refractivity contribution in [2.24, 2.45) is 23.0 Å². The largest absolute Gasteiger partial charge is 0.481 e. The highest BCUT2D eigenvalue weighted by atomic mass is 16.4. The van der Waals surface area contributed by atoms with Gasteiger partial charge in [0.25, 0.3) is 0 Å². The molecule has 0 aromatic rings. The fourth-order valence-electron chi connectivity index (χ4n) is 2.90. The number of carbonyl (C=O) groups is 1. The van der Waals surface area contributed by atoms with Gasteiger partial charge in [-0.1, -0.05) is 12.2 Å². The Hall–Kier alpha value is -0.830. The molecule has 2 aliphatic rings. The smallest absolute Gasteiger partial charge is 0.303 e. The van der Waals surface area contributed by atoms with Crippen molar-refractivity contribution in [1.29, 1.82) is 0 Å². The van der Waals surface area contributed by atoms with E-state index >= 15 is 0 Å². The third-order valence-electron chi connectivity index (χ3n) is 3.58. The fraction of sp³-hybridized carbons (Fsp3) is 0.700. The first kappa shape index (κ1) is 8.75. The topological polar surface area (TPSA) is 63.3 Å². The Bertz CT molecular complexity index is 262. The van der Waals surface area contributed by atoms with Crippen LogP contribution < -0.4 is 5.73 Å². The lowest BCUT2D eigenvalue weighted by Gasteiger charge is -2.51. The van der Waals surface area contributed by atoms with E-state index in [1.165, 1.54) is 0 Å². The highest BCUT2D eigenvalue weighted by molar-refractivity contribution is 5.68. The molecule has 2 aliphatic carbocycles. The normalized spacial score (nSPS) is 41.3. The number of carboxylic acid groups (broad SMARTS) is 1. The van der Waals surface area contributed by atoms with Gasteiger partial charge in [-0.15, -0.1) is 0 Å². The molecule has 0 heterocycles. The van der Waals surface area contributed by atoms with Crippen molar-refractivity contribution in [1.82, 2.24) is 0 Å². The summed E-state index contributed by atoms with van der Waals surface area (Å²) in [4.78, 5) is 10.7. The van der Waals surface area contributed by atoms with Gasteiger partial charge < -0.3 is 10.8 Å². The summed E-state index contributed by atoms with van der Waals surface area (Å²) in [5, 5.41) is 8.79. The summed E-state index contributed by atoms with van der Waals surface area (Å²) >= 11 is 0. The summed E-state index contributed by atoms with van der Waals surface area (Å²) in [5.41, 5.74) is 5.55. The van der Waals surface area contributed by atoms with Crippen molar-refractivity contribution in [2.45, 2.75) is 19.3 Å². The minimum absolute atomic E-state index is 0.122. The van der Waals surface area contributed by atoms with Crippen LogP contribution >= 0.6 is 0 Å². The van der Waals surface area contributed by atoms with Crippen molar-refractivity contribution in [3.05, 3.63) is 12.2 Å². The predicted octanol–water partition coefficient (Wildman–Crippen LogP) is 1.00. The molecule has 0 saturated heterocycles. The van der Waals surface area contributed by atoms with E-state index in [0.717, 1.165) is 12.8 Å². The van der Waals surface area contributed by atoms with E-state index in [2.05, 4.69) is 12.2 Å². The second kappa shape index (κ2) is 2.84. The molecule has 0 bridgehead atoms. The standard InChI is InChI=1S/C10H15NO2/c11-6-10(5-9(12)13)4-7-2-1-3-8(7)10/h1,3,7-8H,2,4-6,11H2,(H,12,13). The van der Waals surface area contributed by atoms with E-state index in [4.69, 9.17) is 10.8 Å². The van der Waals surface area contributed by atoms with Gasteiger partial charge in [0.15, 0.2) is 0 Å². The van der Waals surface area contributed by atoms with Crippen molar-refractivity contribution >= 4 is 5.97 Å². The van der Waals surface area contributed by atoms with Crippen LogP contribution in [0.15, 0.2) is 12.2 Å². The van der Waals surface area contributed by atoms with Crippen LogP contribution in [0.1, 0.15) is 19.3 Å². The highest BCUT2D eigenvalue weighted by Crippen LogP contribution is 2.57. The molecule has 3 nitrogen and oxygen atoms in total. The molecular formula is C10H15NO2. The number of fused-ring (bicyclic) bond motifs is 1. The zero-order valence-corrected chi connectivity index (χ0v) is 7.57. The molecule has 0 aliphatic heterocycles. The predicted molar refractivity (Wildman–Crippen MR) is 49.1 cm³/mol. The Morgan fingerprint density at radius 2 is 2.46 bits per heavy atom. The van der Waals surface area contributed by atoms with Gasteiger partial charge in [0, 0.05) is 0 Å². The summed E-state index contributed by atoms with van der Waals surface area (Å²) < 4.78 is 0. The number of hydrogen-bond donors (Lipinski definition) is 2. The van der Waals surface area contributed by atoms with Crippen LogP contribution in [-0.2, 0) is 4.79 Å². The maximum atomic E-state index is 10.7. The van der Waals surface area contributed by atoms with Crippen LogP contribution in [-0.4, -0.2) is 17.6 Å². The summed E-state index contributed by atoms with van der Waals surface area (Å²) in [6, 6.07) is 0. The second-order valence-corrected chi connectivity index (χ2v) is 4.29. The van der Waals surface area contributed by atoms with Crippen LogP contribution in [0.25, 0.3) is 0 Å². The lowest BCUT2D eigenvalue weighted by atomic mass is 9.53. The maximum absolute atomic E-state index is 10.7. The van der Waals surface area contributed by atoms with E-state index in [1.807, 2.05) is 0 Å². The first-order valence-corrected chi connectivity index (χ1v) is 4.76. The van der Waals surface area contributed by atoms with Gasteiger partial charge >= 0.3 is 5.97 Å². The Balaban J connectivity index is 2.09. The third-order valence-corrected chi connectivity index (χ3v) is 3.58. The molecular weight excluding hydrogens is 166 g/mol. The van der Waals surface area contributed by atoms with E-state index in [0.29, 0.717) is 18.4 Å². The van der Waals surface area contributed by atoms with Crippen LogP contribution in [0.2, 0.25) is 0 Å². The fourth-order valence-corrected chi connectivity index (χ4v) is 2.90. The Morgan fingerprint density at radius 1 is 1.69 bits per heavy atom. The van der Waals surface area contributed by atoms with Crippen LogP contribution in [0.3, 0.4) is 0 Å². The van der Waals surface area contributed by atoms with Gasteiger partial charge in [-0.3, -0.25) is 4.79 Å². The Morgan fingerprint density at radius 3 is 3.00 bits per heavy atom. The molecule has 0 spiro atoms. The van der Waals surface area contributed by atoms with Crippen LogP contribution in [0.4, 0.5) is 0 Å². The molecule has 2 rings (SSSR count). The SMILES string of the molecule is NCC1(CC(=O)O)CC2CC=CC21. The number of nitrogens with two attached hydrogens (primary N) is 1. The third kappa shape index (κ3) is 1.18. The molecule has 0 aromatic heterocycles. The van der Waals surface area contributed by atoms with Gasteiger partial charge in [-0.25, -0.2) is 0 Å². The van der Waals surface area contributed by atoms with E-state index in [1.54, 1.807) is 0 Å². The molecule has 0 radical (unpaired) electrons. The molecule has 3 N–H and O–H groups in total. The lowest BCUT2D eigenvalue weighted by molar-refractivity contribution is -0.144. The van der Waals surface area contributed by atoms with Gasteiger partial charge in [0.1, 0.15) is 0 Å². The average Bonchev–Trinajstić information content (AvgIpc) is 2.43. The molecule has 13 heavy (non-hydrogen) atoms.